The molecule has 8 heteroatoms. The van der Waals surface area contributed by atoms with Crippen LogP contribution in [0.15, 0.2) is 59.5 Å². The fraction of sp³-hybridized carbons (Fsp3) is 0.333. The summed E-state index contributed by atoms with van der Waals surface area (Å²) in [5, 5.41) is 0. The molecule has 2 aromatic carbocycles. The second kappa shape index (κ2) is 10.2. The van der Waals surface area contributed by atoms with E-state index >= 15 is 0 Å². The highest BCUT2D eigenvalue weighted by molar-refractivity contribution is 7.89. The Labute approximate surface area is 171 Å². The van der Waals surface area contributed by atoms with Crippen molar-refractivity contribution in [2.24, 2.45) is 5.92 Å². The number of hydrogen-bond acceptors (Lipinski definition) is 6. The molecule has 0 fully saturated rings. The van der Waals surface area contributed by atoms with Gasteiger partial charge in [0.05, 0.1) is 24.2 Å². The lowest BCUT2D eigenvalue weighted by Gasteiger charge is -2.25. The van der Waals surface area contributed by atoms with Crippen molar-refractivity contribution >= 4 is 22.0 Å². The maximum Gasteiger partial charge on any atom is 0.322 e. The van der Waals surface area contributed by atoms with E-state index in [0.29, 0.717) is 5.56 Å². The summed E-state index contributed by atoms with van der Waals surface area (Å²) in [4.78, 5) is 25.2. The molecule has 0 aromatic heterocycles. The summed E-state index contributed by atoms with van der Waals surface area (Å²) in [5.41, 5.74) is 1.34. The molecule has 156 valence electrons. The number of benzene rings is 2. The molecule has 0 aliphatic rings. The zero-order valence-corrected chi connectivity index (χ0v) is 17.4. The summed E-state index contributed by atoms with van der Waals surface area (Å²) in [7, 11) is -4.03. The molecule has 0 aliphatic heterocycles. The molecule has 1 N–H and O–H groups in total. The Morgan fingerprint density at radius 1 is 0.897 bits per heavy atom. The Morgan fingerprint density at radius 3 is 1.90 bits per heavy atom. The monoisotopic (exact) mass is 419 g/mol. The first-order valence-corrected chi connectivity index (χ1v) is 10.8. The van der Waals surface area contributed by atoms with Crippen molar-refractivity contribution in [3.8, 4) is 0 Å². The fourth-order valence-electron chi connectivity index (χ4n) is 2.77. The van der Waals surface area contributed by atoms with E-state index in [1.165, 1.54) is 12.1 Å². The highest BCUT2D eigenvalue weighted by Crippen LogP contribution is 2.27. The standard InChI is InChI=1S/C21H25NO6S/c1-4-27-20(23)18(21(24)28-5-2)19(16-9-7-6-8-10-16)22-29(25,26)17-13-11-15(3)12-14-17/h6-14,18-19,22H,4-5H2,1-3H3. The quantitative estimate of drug-likeness (QED) is 0.496. The van der Waals surface area contributed by atoms with E-state index < -0.39 is 33.9 Å². The highest BCUT2D eigenvalue weighted by Gasteiger charge is 2.40. The normalized spacial score (nSPS) is 12.4. The number of carbonyl (C=O) groups excluding carboxylic acids is 2. The zero-order chi connectivity index (χ0) is 21.4. The summed E-state index contributed by atoms with van der Waals surface area (Å²) >= 11 is 0. The predicted molar refractivity (Wildman–Crippen MR) is 107 cm³/mol. The maximum atomic E-state index is 13.0. The van der Waals surface area contributed by atoms with Crippen LogP contribution in [0.5, 0.6) is 0 Å². The van der Waals surface area contributed by atoms with Crippen molar-refractivity contribution in [2.75, 3.05) is 13.2 Å². The van der Waals surface area contributed by atoms with Crippen LogP contribution in [-0.2, 0) is 29.1 Å². The summed E-state index contributed by atoms with van der Waals surface area (Å²) in [5.74, 6) is -3.20. The lowest BCUT2D eigenvalue weighted by Crippen LogP contribution is -2.42. The van der Waals surface area contributed by atoms with Crippen LogP contribution in [-0.4, -0.2) is 33.6 Å². The number of sulfonamides is 1. The van der Waals surface area contributed by atoms with Crippen molar-refractivity contribution in [3.05, 3.63) is 65.7 Å². The van der Waals surface area contributed by atoms with Crippen LogP contribution in [0, 0.1) is 12.8 Å². The summed E-state index contributed by atoms with van der Waals surface area (Å²) in [6.07, 6.45) is 0. The molecule has 2 aromatic rings. The first kappa shape index (κ1) is 22.6. The van der Waals surface area contributed by atoms with E-state index in [2.05, 4.69) is 4.72 Å². The molecule has 0 heterocycles. The minimum absolute atomic E-state index is 0.0236. The number of aryl methyl sites for hydroxylation is 1. The molecule has 2 rings (SSSR count). The van der Waals surface area contributed by atoms with Gasteiger partial charge in [-0.2, -0.15) is 0 Å². The van der Waals surface area contributed by atoms with Gasteiger partial charge in [0.15, 0.2) is 5.92 Å². The van der Waals surface area contributed by atoms with Gasteiger partial charge in [0.25, 0.3) is 0 Å². The average molecular weight is 419 g/mol. The summed E-state index contributed by atoms with van der Waals surface area (Å²) in [6.45, 7) is 5.14. The molecule has 0 radical (unpaired) electrons. The van der Waals surface area contributed by atoms with Crippen LogP contribution in [0.1, 0.15) is 31.0 Å². The van der Waals surface area contributed by atoms with Gasteiger partial charge in [-0.05, 0) is 38.5 Å². The largest absolute Gasteiger partial charge is 0.465 e. The van der Waals surface area contributed by atoms with E-state index in [-0.39, 0.29) is 18.1 Å². The van der Waals surface area contributed by atoms with Crippen LogP contribution in [0.25, 0.3) is 0 Å². The number of carbonyl (C=O) groups is 2. The Kier molecular flexibility index (Phi) is 7.92. The third kappa shape index (κ3) is 5.88. The minimum atomic E-state index is -4.03. The van der Waals surface area contributed by atoms with Crippen molar-refractivity contribution in [2.45, 2.75) is 31.7 Å². The summed E-state index contributed by atoms with van der Waals surface area (Å²) in [6, 6.07) is 13.5. The molecular formula is C21H25NO6S. The Balaban J connectivity index is 2.51. The lowest BCUT2D eigenvalue weighted by molar-refractivity contribution is -0.163. The number of esters is 2. The predicted octanol–water partition coefficient (Wildman–Crippen LogP) is 2.76. The SMILES string of the molecule is CCOC(=O)C(C(=O)OCC)C(NS(=O)(=O)c1ccc(C)cc1)c1ccccc1. The van der Waals surface area contributed by atoms with Crippen LogP contribution in [0.3, 0.4) is 0 Å². The van der Waals surface area contributed by atoms with Gasteiger partial charge in [0.1, 0.15) is 0 Å². The second-order valence-corrected chi connectivity index (χ2v) is 8.02. The molecule has 1 atom stereocenters. The van der Waals surface area contributed by atoms with Gasteiger partial charge < -0.3 is 9.47 Å². The van der Waals surface area contributed by atoms with Crippen LogP contribution < -0.4 is 4.72 Å². The van der Waals surface area contributed by atoms with Crippen molar-refractivity contribution in [1.29, 1.82) is 0 Å². The van der Waals surface area contributed by atoms with E-state index in [4.69, 9.17) is 9.47 Å². The molecule has 0 saturated heterocycles. The van der Waals surface area contributed by atoms with Gasteiger partial charge in [0.2, 0.25) is 10.0 Å². The van der Waals surface area contributed by atoms with Crippen LogP contribution in [0.4, 0.5) is 0 Å². The van der Waals surface area contributed by atoms with Crippen molar-refractivity contribution in [3.63, 3.8) is 0 Å². The van der Waals surface area contributed by atoms with Gasteiger partial charge in [-0.25, -0.2) is 13.1 Å². The zero-order valence-electron chi connectivity index (χ0n) is 16.6. The number of nitrogens with one attached hydrogen (secondary N) is 1. The average Bonchev–Trinajstić information content (AvgIpc) is 2.69. The topological polar surface area (TPSA) is 98.8 Å². The second-order valence-electron chi connectivity index (χ2n) is 6.30. The van der Waals surface area contributed by atoms with E-state index in [1.807, 2.05) is 6.92 Å². The number of rotatable bonds is 9. The molecule has 0 saturated carbocycles. The first-order valence-electron chi connectivity index (χ1n) is 9.27. The third-order valence-corrected chi connectivity index (χ3v) is 5.64. The Morgan fingerprint density at radius 2 is 1.41 bits per heavy atom. The molecule has 1 unspecified atom stereocenters. The fourth-order valence-corrected chi connectivity index (χ4v) is 4.01. The van der Waals surface area contributed by atoms with Gasteiger partial charge in [-0.15, -0.1) is 0 Å². The molecule has 0 bridgehead atoms. The number of ether oxygens (including phenoxy) is 2. The number of hydrogen-bond donors (Lipinski definition) is 1. The molecule has 0 spiro atoms. The van der Waals surface area contributed by atoms with E-state index in [1.54, 1.807) is 56.3 Å². The minimum Gasteiger partial charge on any atom is -0.465 e. The molecule has 7 nitrogen and oxygen atoms in total. The Bertz CT molecular complexity index is 907. The lowest BCUT2D eigenvalue weighted by atomic mass is 9.94. The van der Waals surface area contributed by atoms with E-state index in [9.17, 15) is 18.0 Å². The van der Waals surface area contributed by atoms with Gasteiger partial charge in [-0.1, -0.05) is 48.0 Å². The first-order chi connectivity index (χ1) is 13.8. The van der Waals surface area contributed by atoms with E-state index in [0.717, 1.165) is 5.56 Å². The summed E-state index contributed by atoms with van der Waals surface area (Å²) < 4.78 is 38.5. The molecule has 0 aliphatic carbocycles. The van der Waals surface area contributed by atoms with Gasteiger partial charge in [0, 0.05) is 0 Å². The van der Waals surface area contributed by atoms with Crippen LogP contribution >= 0.6 is 0 Å². The third-order valence-electron chi connectivity index (χ3n) is 4.19. The highest BCUT2D eigenvalue weighted by atomic mass is 32.2. The van der Waals surface area contributed by atoms with Crippen molar-refractivity contribution < 1.29 is 27.5 Å². The van der Waals surface area contributed by atoms with Gasteiger partial charge in [-0.3, -0.25) is 9.59 Å². The van der Waals surface area contributed by atoms with Crippen LogP contribution in [0.2, 0.25) is 0 Å². The maximum absolute atomic E-state index is 13.0. The Hall–Kier alpha value is -2.71. The van der Waals surface area contributed by atoms with Crippen molar-refractivity contribution in [1.82, 2.24) is 4.72 Å². The molecular weight excluding hydrogens is 394 g/mol. The van der Waals surface area contributed by atoms with Gasteiger partial charge >= 0.3 is 11.9 Å². The smallest absolute Gasteiger partial charge is 0.322 e. The molecule has 29 heavy (non-hydrogen) atoms. The molecule has 0 amide bonds.